The summed E-state index contributed by atoms with van der Waals surface area (Å²) in [7, 11) is 2.39. The first kappa shape index (κ1) is 8.96. The Labute approximate surface area is 76.1 Å². The highest BCUT2D eigenvalue weighted by atomic mass is 29.5. The highest BCUT2D eigenvalue weighted by Crippen LogP contribution is 2.11. The van der Waals surface area contributed by atoms with E-state index in [1.807, 2.05) is 0 Å². The van der Waals surface area contributed by atoms with Gasteiger partial charge in [0.15, 0.2) is 0 Å². The number of rotatable bonds is 3. The normalized spacial score (nSPS) is 15.4. The van der Waals surface area contributed by atoms with Gasteiger partial charge in [-0.05, 0) is 29.4 Å². The molecule has 1 aromatic carbocycles. The molecule has 0 saturated heterocycles. The van der Waals surface area contributed by atoms with Gasteiger partial charge < -0.3 is 0 Å². The topological polar surface area (TPSA) is 0 Å². The van der Waals surface area contributed by atoms with E-state index < -0.39 is 0 Å². The van der Waals surface area contributed by atoms with Crippen LogP contribution in [0.3, 0.4) is 0 Å². The van der Waals surface area contributed by atoms with Crippen LogP contribution in [0, 0.1) is 0 Å². The van der Waals surface area contributed by atoms with E-state index in [2.05, 4.69) is 37.3 Å². The quantitative estimate of drug-likeness (QED) is 0.560. The van der Waals surface area contributed by atoms with E-state index in [1.165, 1.54) is 9.76 Å². The lowest BCUT2D eigenvalue weighted by atomic mass is 10.2. The summed E-state index contributed by atoms with van der Waals surface area (Å²) in [5.41, 5.74) is 2.54. The first-order chi connectivity index (χ1) is 5.34. The van der Waals surface area contributed by atoms with Crippen molar-refractivity contribution in [2.75, 3.05) is 0 Å². The molecular weight excluding hydrogens is 180 g/mol. The maximum atomic E-state index is 2.41. The molecule has 11 heavy (non-hydrogen) atoms. The van der Waals surface area contributed by atoms with Gasteiger partial charge in [0.1, 0.15) is 0 Å². The van der Waals surface area contributed by atoms with Crippen LogP contribution in [0.25, 0.3) is 0 Å². The summed E-state index contributed by atoms with van der Waals surface area (Å²) in [4.78, 5) is 0. The summed E-state index contributed by atoms with van der Waals surface area (Å²) in [6, 6.07) is 11.0. The average molecular weight is 196 g/mol. The number of benzene rings is 1. The molecule has 0 N–H and O–H groups in total. The lowest BCUT2D eigenvalue weighted by Crippen LogP contribution is -2.12. The average Bonchev–Trinajstić information content (AvgIpc) is 2.07. The molecule has 1 atom stereocenters. The molecule has 0 aliphatic heterocycles. The fourth-order valence-corrected chi connectivity index (χ4v) is 14.2. The van der Waals surface area contributed by atoms with Gasteiger partial charge in [0.05, 0.1) is 0 Å². The van der Waals surface area contributed by atoms with Crippen LogP contribution in [0.1, 0.15) is 18.0 Å². The Morgan fingerprint density at radius 3 is 2.45 bits per heavy atom. The van der Waals surface area contributed by atoms with Crippen LogP contribution >= 0.6 is 0 Å². The van der Waals surface area contributed by atoms with Gasteiger partial charge in [-0.2, -0.15) is 0 Å². The van der Waals surface area contributed by atoms with Crippen LogP contribution in [0.4, 0.5) is 0 Å². The van der Waals surface area contributed by atoms with Crippen LogP contribution in [-0.4, -0.2) is 27.4 Å². The molecule has 3 heteroatoms. The predicted molar refractivity (Wildman–Crippen MR) is 61.9 cm³/mol. The van der Waals surface area contributed by atoms with Crippen LogP contribution in [0.2, 0.25) is 0 Å². The summed E-state index contributed by atoms with van der Waals surface area (Å²) in [6.45, 7) is 2.41. The minimum absolute atomic E-state index is 0.348. The summed E-state index contributed by atoms with van der Waals surface area (Å²) in [6.07, 6.45) is 0. The van der Waals surface area contributed by atoms with Crippen LogP contribution in [0.15, 0.2) is 30.3 Å². The van der Waals surface area contributed by atoms with Crippen LogP contribution in [0.5, 0.6) is 0 Å². The van der Waals surface area contributed by atoms with Crippen LogP contribution < -0.4 is 0 Å². The van der Waals surface area contributed by atoms with Crippen molar-refractivity contribution >= 4 is 27.4 Å². The molecule has 0 aromatic heterocycles. The molecule has 0 nitrogen and oxygen atoms in total. The summed E-state index contributed by atoms with van der Waals surface area (Å²) >= 11 is 0. The Hall–Kier alpha value is -0.129. The second-order valence-corrected chi connectivity index (χ2v) is 19.6. The molecule has 1 aromatic rings. The van der Waals surface area contributed by atoms with Gasteiger partial charge in [0.2, 0.25) is 0 Å². The van der Waals surface area contributed by atoms with Gasteiger partial charge in [0.25, 0.3) is 0 Å². The van der Waals surface area contributed by atoms with E-state index in [0.29, 0.717) is 17.6 Å². The number of hydrogen-bond acceptors (Lipinski definition) is 0. The largest absolute Gasteiger partial charge is 0.0622 e. The van der Waals surface area contributed by atoms with E-state index in [9.17, 15) is 0 Å². The Kier molecular flexibility index (Phi) is 3.82. The minimum Gasteiger partial charge on any atom is -0.0622 e. The first-order valence-electron chi connectivity index (χ1n) is 4.39. The zero-order chi connectivity index (χ0) is 8.10. The van der Waals surface area contributed by atoms with Crippen molar-refractivity contribution in [3.05, 3.63) is 35.9 Å². The fourth-order valence-electron chi connectivity index (χ4n) is 1.38. The molecular formula is C8H16Si3. The van der Waals surface area contributed by atoms with Crippen molar-refractivity contribution in [1.29, 1.82) is 0 Å². The number of hydrogen-bond donors (Lipinski definition) is 0. The van der Waals surface area contributed by atoms with Crippen molar-refractivity contribution in [3.63, 3.8) is 0 Å². The lowest BCUT2D eigenvalue weighted by molar-refractivity contribution is 1.08. The van der Waals surface area contributed by atoms with E-state index in [4.69, 9.17) is 0 Å². The van der Waals surface area contributed by atoms with Crippen LogP contribution in [-0.2, 0) is 0 Å². The van der Waals surface area contributed by atoms with Crippen molar-refractivity contribution in [2.45, 2.75) is 12.5 Å². The summed E-state index contributed by atoms with van der Waals surface area (Å²) in [5.74, 6) is 0. The van der Waals surface area contributed by atoms with Crippen molar-refractivity contribution in [3.8, 4) is 0 Å². The molecule has 0 amide bonds. The highest BCUT2D eigenvalue weighted by Gasteiger charge is 2.02. The molecule has 0 fully saturated rings. The Balaban J connectivity index is 2.61. The van der Waals surface area contributed by atoms with E-state index in [1.54, 1.807) is 5.56 Å². The Morgan fingerprint density at radius 1 is 1.27 bits per heavy atom. The van der Waals surface area contributed by atoms with Crippen molar-refractivity contribution < 1.29 is 0 Å². The molecule has 0 heterocycles. The monoisotopic (exact) mass is 196 g/mol. The lowest BCUT2D eigenvalue weighted by Gasteiger charge is -2.08. The van der Waals surface area contributed by atoms with Gasteiger partial charge >= 0.3 is 0 Å². The highest BCUT2D eigenvalue weighted by molar-refractivity contribution is 7.24. The van der Waals surface area contributed by atoms with Gasteiger partial charge in [0, 0.05) is 9.04 Å². The van der Waals surface area contributed by atoms with Crippen molar-refractivity contribution in [1.82, 2.24) is 0 Å². The predicted octanol–water partition coefficient (Wildman–Crippen LogP) is -0.719. The minimum atomic E-state index is 0.348. The Morgan fingerprint density at radius 2 is 1.91 bits per heavy atom. The molecule has 0 spiro atoms. The molecule has 0 radical (unpaired) electrons. The zero-order valence-corrected chi connectivity index (χ0v) is 12.2. The summed E-state index contributed by atoms with van der Waals surface area (Å²) in [5, 5.41) is 0. The third-order valence-corrected chi connectivity index (χ3v) is 13.5. The second-order valence-electron chi connectivity index (χ2n) is 3.10. The van der Waals surface area contributed by atoms with E-state index in [-0.39, 0.29) is 0 Å². The maximum Gasteiger partial charge on any atom is 0.0135 e. The third kappa shape index (κ3) is 2.77. The SMILES string of the molecule is CC([SiH2][SiH2][SiH3])c1ccccc1. The molecule has 0 saturated carbocycles. The Bertz CT molecular complexity index is 198. The van der Waals surface area contributed by atoms with Gasteiger partial charge in [-0.3, -0.25) is 0 Å². The molecule has 0 aliphatic rings. The van der Waals surface area contributed by atoms with Crippen molar-refractivity contribution in [2.24, 2.45) is 0 Å². The third-order valence-electron chi connectivity index (χ3n) is 2.09. The van der Waals surface area contributed by atoms with E-state index >= 15 is 0 Å². The smallest absolute Gasteiger partial charge is 0.0135 e. The maximum absolute atomic E-state index is 2.41. The van der Waals surface area contributed by atoms with Gasteiger partial charge in [-0.15, -0.1) is 0 Å². The zero-order valence-electron chi connectivity index (χ0n) is 7.38. The molecule has 0 bridgehead atoms. The standard InChI is InChI=1S/C8H16Si3/c1-7(10-11-9)8-5-3-2-4-6-8/h2-7H,10-11H2,1,9H3. The van der Waals surface area contributed by atoms with Gasteiger partial charge in [-0.25, -0.2) is 0 Å². The molecule has 0 aliphatic carbocycles. The fraction of sp³-hybridized carbons (Fsp3) is 0.250. The van der Waals surface area contributed by atoms with E-state index in [0.717, 1.165) is 5.54 Å². The molecule has 1 rings (SSSR count). The first-order valence-corrected chi connectivity index (χ1v) is 14.9. The molecule has 60 valence electrons. The summed E-state index contributed by atoms with van der Waals surface area (Å²) < 4.78 is 0. The second kappa shape index (κ2) is 4.69. The molecule has 1 unspecified atom stereocenters. The van der Waals surface area contributed by atoms with Gasteiger partial charge in [-0.1, -0.05) is 37.3 Å².